The Morgan fingerprint density at radius 3 is 3.00 bits per heavy atom. The third-order valence-corrected chi connectivity index (χ3v) is 5.87. The number of allylic oxidation sites excluding steroid dienone is 1. The predicted octanol–water partition coefficient (Wildman–Crippen LogP) is 3.95. The molecule has 2 aromatic heterocycles. The van der Waals surface area contributed by atoms with Crippen molar-refractivity contribution in [3.05, 3.63) is 29.7 Å². The molecule has 2 aromatic rings. The van der Waals surface area contributed by atoms with E-state index in [1.807, 2.05) is 29.1 Å². The number of nitrogens with zero attached hydrogens (tertiary/aromatic N) is 3. The Morgan fingerprint density at radius 1 is 1.50 bits per heavy atom. The van der Waals surface area contributed by atoms with Gasteiger partial charge in [-0.3, -0.25) is 4.79 Å². The third kappa shape index (κ3) is 3.50. The Bertz CT molecular complexity index is 668. The highest BCUT2D eigenvalue weighted by atomic mass is 32.2. The monoisotopic (exact) mass is 333 g/mol. The van der Waals surface area contributed by atoms with Crippen LogP contribution in [0.2, 0.25) is 0 Å². The summed E-state index contributed by atoms with van der Waals surface area (Å²) in [5.41, 5.74) is 1.33. The molecular formula is C16H19N3OS2. The summed E-state index contributed by atoms with van der Waals surface area (Å²) in [7, 11) is 1.95. The van der Waals surface area contributed by atoms with Gasteiger partial charge in [0.1, 0.15) is 5.78 Å². The Morgan fingerprint density at radius 2 is 2.32 bits per heavy atom. The fourth-order valence-corrected chi connectivity index (χ4v) is 4.16. The van der Waals surface area contributed by atoms with Gasteiger partial charge in [-0.2, -0.15) is 0 Å². The number of thioether (sulfide) groups is 1. The highest BCUT2D eigenvalue weighted by molar-refractivity contribution is 7.99. The molecule has 22 heavy (non-hydrogen) atoms. The molecule has 0 unspecified atom stereocenters. The van der Waals surface area contributed by atoms with E-state index >= 15 is 0 Å². The first-order valence-corrected chi connectivity index (χ1v) is 9.24. The number of carbonyl (C=O) groups excluding carboxylic acids is 1. The van der Waals surface area contributed by atoms with Crippen LogP contribution in [0.1, 0.15) is 25.7 Å². The fourth-order valence-electron chi connectivity index (χ4n) is 2.60. The van der Waals surface area contributed by atoms with Gasteiger partial charge in [0.15, 0.2) is 11.0 Å². The molecular weight excluding hydrogens is 314 g/mol. The quantitative estimate of drug-likeness (QED) is 0.568. The summed E-state index contributed by atoms with van der Waals surface area (Å²) in [4.78, 5) is 13.1. The van der Waals surface area contributed by atoms with Gasteiger partial charge in [0.25, 0.3) is 0 Å². The molecule has 0 spiro atoms. The van der Waals surface area contributed by atoms with Crippen molar-refractivity contribution in [2.45, 2.75) is 30.8 Å². The summed E-state index contributed by atoms with van der Waals surface area (Å²) in [6.45, 7) is 3.94. The fraction of sp³-hybridized carbons (Fsp3) is 0.438. The standard InChI is InChI=1S/C16H19N3OS2/c1-11-8-12(9-11)5-6-13(20)10-22-16-18-17-15(19(16)2)14-4-3-7-21-14/h3-4,7,12H,1,5-6,8-10H2,2H3. The van der Waals surface area contributed by atoms with E-state index in [-0.39, 0.29) is 0 Å². The molecule has 0 bridgehead atoms. The second-order valence-electron chi connectivity index (χ2n) is 5.73. The second kappa shape index (κ2) is 6.79. The molecule has 0 N–H and O–H groups in total. The van der Waals surface area contributed by atoms with E-state index in [0.717, 1.165) is 35.1 Å². The van der Waals surface area contributed by atoms with Crippen LogP contribution >= 0.6 is 23.1 Å². The summed E-state index contributed by atoms with van der Waals surface area (Å²) in [6.07, 6.45) is 3.88. The highest BCUT2D eigenvalue weighted by Gasteiger charge is 2.22. The van der Waals surface area contributed by atoms with Gasteiger partial charge in [0.05, 0.1) is 10.6 Å². The lowest BCUT2D eigenvalue weighted by Gasteiger charge is -2.27. The molecule has 116 valence electrons. The molecule has 0 aromatic carbocycles. The average Bonchev–Trinajstić information content (AvgIpc) is 3.09. The largest absolute Gasteiger partial charge is 0.304 e. The minimum atomic E-state index is 0.295. The SMILES string of the molecule is C=C1CC(CCC(=O)CSc2nnc(-c3cccs3)n2C)C1. The van der Waals surface area contributed by atoms with Gasteiger partial charge >= 0.3 is 0 Å². The third-order valence-electron chi connectivity index (χ3n) is 3.92. The first kappa shape index (κ1) is 15.5. The smallest absolute Gasteiger partial charge is 0.191 e. The molecule has 2 heterocycles. The molecule has 0 atom stereocenters. The topological polar surface area (TPSA) is 47.8 Å². The lowest BCUT2D eigenvalue weighted by atomic mass is 9.78. The van der Waals surface area contributed by atoms with E-state index in [4.69, 9.17) is 0 Å². The minimum absolute atomic E-state index is 0.295. The van der Waals surface area contributed by atoms with E-state index in [9.17, 15) is 4.79 Å². The van der Waals surface area contributed by atoms with Crippen molar-refractivity contribution in [1.29, 1.82) is 0 Å². The van der Waals surface area contributed by atoms with E-state index in [2.05, 4.69) is 16.8 Å². The van der Waals surface area contributed by atoms with Crippen molar-refractivity contribution in [3.63, 3.8) is 0 Å². The van der Waals surface area contributed by atoms with Crippen LogP contribution in [0, 0.1) is 5.92 Å². The number of aromatic nitrogens is 3. The summed E-state index contributed by atoms with van der Waals surface area (Å²) in [5.74, 6) is 2.31. The van der Waals surface area contributed by atoms with Crippen molar-refractivity contribution in [3.8, 4) is 10.7 Å². The normalized spacial score (nSPS) is 15.0. The molecule has 1 aliphatic rings. The number of rotatable bonds is 7. The molecule has 1 saturated carbocycles. The van der Waals surface area contributed by atoms with E-state index in [1.165, 1.54) is 17.3 Å². The van der Waals surface area contributed by atoms with Crippen molar-refractivity contribution >= 4 is 28.9 Å². The van der Waals surface area contributed by atoms with Crippen LogP contribution in [0.3, 0.4) is 0 Å². The summed E-state index contributed by atoms with van der Waals surface area (Å²) >= 11 is 3.12. The van der Waals surface area contributed by atoms with Crippen molar-refractivity contribution in [2.24, 2.45) is 13.0 Å². The van der Waals surface area contributed by atoms with Gasteiger partial charge in [-0.15, -0.1) is 21.5 Å². The van der Waals surface area contributed by atoms with Crippen LogP contribution in [0.25, 0.3) is 10.7 Å². The lowest BCUT2D eigenvalue weighted by molar-refractivity contribution is -0.116. The zero-order valence-corrected chi connectivity index (χ0v) is 14.3. The van der Waals surface area contributed by atoms with Gasteiger partial charge < -0.3 is 4.57 Å². The molecule has 3 rings (SSSR count). The summed E-state index contributed by atoms with van der Waals surface area (Å²) in [5, 5.41) is 11.2. The predicted molar refractivity (Wildman–Crippen MR) is 91.1 cm³/mol. The molecule has 0 saturated heterocycles. The maximum atomic E-state index is 12.0. The Labute approximate surface area is 138 Å². The van der Waals surface area contributed by atoms with Crippen LogP contribution in [-0.2, 0) is 11.8 Å². The van der Waals surface area contributed by atoms with Crippen LogP contribution in [0.4, 0.5) is 0 Å². The van der Waals surface area contributed by atoms with Gasteiger partial charge in [0, 0.05) is 13.5 Å². The number of hydrogen-bond donors (Lipinski definition) is 0. The molecule has 1 aliphatic carbocycles. The maximum absolute atomic E-state index is 12.0. The number of hydrogen-bond acceptors (Lipinski definition) is 5. The Kier molecular flexibility index (Phi) is 4.78. The van der Waals surface area contributed by atoms with Gasteiger partial charge in [-0.1, -0.05) is 30.0 Å². The number of Topliss-reactive ketones (excluding diaryl/α,β-unsaturated/α-hetero) is 1. The zero-order chi connectivity index (χ0) is 15.5. The van der Waals surface area contributed by atoms with Gasteiger partial charge in [-0.25, -0.2) is 0 Å². The molecule has 0 radical (unpaired) electrons. The number of ketones is 1. The van der Waals surface area contributed by atoms with Crippen LogP contribution in [0.5, 0.6) is 0 Å². The second-order valence-corrected chi connectivity index (χ2v) is 7.62. The van der Waals surface area contributed by atoms with Crippen LogP contribution in [0.15, 0.2) is 34.8 Å². The molecule has 0 amide bonds. The number of carbonyl (C=O) groups is 1. The highest BCUT2D eigenvalue weighted by Crippen LogP contribution is 2.35. The van der Waals surface area contributed by atoms with Gasteiger partial charge in [-0.05, 0) is 36.6 Å². The number of thiophene rings is 1. The van der Waals surface area contributed by atoms with Crippen LogP contribution < -0.4 is 0 Å². The van der Waals surface area contributed by atoms with Crippen LogP contribution in [-0.4, -0.2) is 26.3 Å². The van der Waals surface area contributed by atoms with Gasteiger partial charge in [0.2, 0.25) is 0 Å². The van der Waals surface area contributed by atoms with Crippen molar-refractivity contribution in [2.75, 3.05) is 5.75 Å². The van der Waals surface area contributed by atoms with Crippen molar-refractivity contribution < 1.29 is 4.79 Å². The van der Waals surface area contributed by atoms with E-state index in [1.54, 1.807) is 11.3 Å². The van der Waals surface area contributed by atoms with Crippen molar-refractivity contribution in [1.82, 2.24) is 14.8 Å². The molecule has 4 nitrogen and oxygen atoms in total. The van der Waals surface area contributed by atoms with E-state index in [0.29, 0.717) is 23.9 Å². The minimum Gasteiger partial charge on any atom is -0.304 e. The first-order chi connectivity index (χ1) is 10.6. The molecule has 0 aliphatic heterocycles. The summed E-state index contributed by atoms with van der Waals surface area (Å²) < 4.78 is 1.96. The summed E-state index contributed by atoms with van der Waals surface area (Å²) in [6, 6.07) is 4.03. The molecule has 1 fully saturated rings. The average molecular weight is 333 g/mol. The zero-order valence-electron chi connectivity index (χ0n) is 12.6. The molecule has 6 heteroatoms. The first-order valence-electron chi connectivity index (χ1n) is 7.38. The van der Waals surface area contributed by atoms with E-state index < -0.39 is 0 Å². The Balaban J connectivity index is 1.49. The lowest BCUT2D eigenvalue weighted by Crippen LogP contribution is -2.15. The maximum Gasteiger partial charge on any atom is 0.191 e. The Hall–Kier alpha value is -1.40.